The van der Waals surface area contributed by atoms with Gasteiger partial charge in [-0.2, -0.15) is 0 Å². The number of nitro benzene ring substituents is 1. The van der Waals surface area contributed by atoms with Crippen molar-refractivity contribution in [3.63, 3.8) is 0 Å². The second kappa shape index (κ2) is 8.93. The van der Waals surface area contributed by atoms with Gasteiger partial charge >= 0.3 is 0 Å². The lowest BCUT2D eigenvalue weighted by atomic mass is 9.82. The van der Waals surface area contributed by atoms with E-state index in [1.165, 1.54) is 23.3 Å². The molecular weight excluding hydrogens is 459 g/mol. The van der Waals surface area contributed by atoms with Crippen molar-refractivity contribution < 1.29 is 14.1 Å². The minimum absolute atomic E-state index is 0.0512. The summed E-state index contributed by atoms with van der Waals surface area (Å²) in [7, 11) is 0. The van der Waals surface area contributed by atoms with Gasteiger partial charge in [0.1, 0.15) is 5.82 Å². The number of nitrogens with zero attached hydrogens (tertiary/aromatic N) is 4. The standard InChI is InChI=1S/C28H27FN4O3/c29-22-5-7-23(8-6-22)30-13-14-32-26-10-9-24(33(35)36)15-21(26)16-25(27(32)18-30)28(34)31-12-11-19-3-1-2-4-20(19)17-31/h1-10,15,25,27H,11-14,16-18H2. The van der Waals surface area contributed by atoms with E-state index in [-0.39, 0.29) is 34.3 Å². The molecule has 1 amide bonds. The molecule has 6 rings (SSSR count). The summed E-state index contributed by atoms with van der Waals surface area (Å²) < 4.78 is 13.5. The Balaban J connectivity index is 1.33. The number of carbonyl (C=O) groups excluding carboxylic acids is 1. The van der Waals surface area contributed by atoms with E-state index in [2.05, 4.69) is 21.9 Å². The van der Waals surface area contributed by atoms with Gasteiger partial charge in [0.25, 0.3) is 5.69 Å². The molecule has 3 aromatic carbocycles. The molecule has 1 fully saturated rings. The molecule has 0 saturated carbocycles. The number of fused-ring (bicyclic) bond motifs is 4. The minimum atomic E-state index is -0.378. The fourth-order valence-electron chi connectivity index (χ4n) is 6.01. The van der Waals surface area contributed by atoms with Crippen LogP contribution in [-0.2, 0) is 24.2 Å². The minimum Gasteiger partial charge on any atom is -0.368 e. The van der Waals surface area contributed by atoms with Crippen LogP contribution in [0.5, 0.6) is 0 Å². The third-order valence-corrected chi connectivity index (χ3v) is 7.86. The molecule has 0 N–H and O–H groups in total. The molecule has 184 valence electrons. The van der Waals surface area contributed by atoms with Crippen LogP contribution in [0, 0.1) is 21.8 Å². The zero-order chi connectivity index (χ0) is 24.8. The van der Waals surface area contributed by atoms with Crippen molar-refractivity contribution in [3.05, 3.63) is 99.4 Å². The zero-order valence-electron chi connectivity index (χ0n) is 19.8. The van der Waals surface area contributed by atoms with Crippen LogP contribution < -0.4 is 9.80 Å². The summed E-state index contributed by atoms with van der Waals surface area (Å²) in [6.45, 7) is 3.28. The van der Waals surface area contributed by atoms with Crippen molar-refractivity contribution in [2.45, 2.75) is 25.4 Å². The highest BCUT2D eigenvalue weighted by Gasteiger charge is 2.43. The van der Waals surface area contributed by atoms with E-state index >= 15 is 0 Å². The summed E-state index contributed by atoms with van der Waals surface area (Å²) in [5, 5.41) is 11.5. The first-order chi connectivity index (χ1) is 17.5. The fourth-order valence-corrected chi connectivity index (χ4v) is 6.01. The molecule has 3 aromatic rings. The zero-order valence-corrected chi connectivity index (χ0v) is 19.8. The molecule has 8 heteroatoms. The number of carbonyl (C=O) groups is 1. The number of hydrogen-bond donors (Lipinski definition) is 0. The highest BCUT2D eigenvalue weighted by Crippen LogP contribution is 2.39. The Hall–Kier alpha value is -3.94. The molecule has 2 unspecified atom stereocenters. The number of nitro groups is 1. The van der Waals surface area contributed by atoms with Crippen LogP contribution in [0.4, 0.5) is 21.5 Å². The van der Waals surface area contributed by atoms with Crippen molar-refractivity contribution in [1.29, 1.82) is 0 Å². The van der Waals surface area contributed by atoms with Crippen LogP contribution in [0.15, 0.2) is 66.7 Å². The number of non-ortho nitro benzene ring substituents is 1. The Morgan fingerprint density at radius 2 is 1.72 bits per heavy atom. The van der Waals surface area contributed by atoms with Gasteiger partial charge < -0.3 is 14.7 Å². The maximum atomic E-state index is 14.0. The van der Waals surface area contributed by atoms with Gasteiger partial charge in [0.15, 0.2) is 0 Å². The molecule has 0 radical (unpaired) electrons. The van der Waals surface area contributed by atoms with Crippen LogP contribution in [0.25, 0.3) is 0 Å². The first-order valence-electron chi connectivity index (χ1n) is 12.4. The molecule has 3 heterocycles. The molecule has 36 heavy (non-hydrogen) atoms. The molecule has 0 aromatic heterocycles. The lowest BCUT2D eigenvalue weighted by Gasteiger charge is -2.50. The molecule has 3 aliphatic rings. The van der Waals surface area contributed by atoms with Crippen molar-refractivity contribution in [2.75, 3.05) is 36.0 Å². The summed E-state index contributed by atoms with van der Waals surface area (Å²) in [5.41, 5.74) is 5.27. The van der Waals surface area contributed by atoms with E-state index in [1.807, 2.05) is 23.1 Å². The summed E-state index contributed by atoms with van der Waals surface area (Å²) in [6, 6.07) is 19.7. The Labute approximate surface area is 208 Å². The van der Waals surface area contributed by atoms with Gasteiger partial charge in [-0.25, -0.2) is 4.39 Å². The Bertz CT molecular complexity index is 1330. The van der Waals surface area contributed by atoms with Gasteiger partial charge in [-0.05, 0) is 59.9 Å². The van der Waals surface area contributed by atoms with E-state index in [9.17, 15) is 19.3 Å². The highest BCUT2D eigenvalue weighted by molar-refractivity contribution is 5.83. The number of halogens is 1. The highest BCUT2D eigenvalue weighted by atomic mass is 19.1. The van der Waals surface area contributed by atoms with Gasteiger partial charge in [0.05, 0.1) is 16.9 Å². The van der Waals surface area contributed by atoms with E-state index in [0.29, 0.717) is 32.6 Å². The lowest BCUT2D eigenvalue weighted by Crippen LogP contribution is -2.61. The van der Waals surface area contributed by atoms with Gasteiger partial charge in [-0.3, -0.25) is 14.9 Å². The topological polar surface area (TPSA) is 69.9 Å². The van der Waals surface area contributed by atoms with Crippen molar-refractivity contribution >= 4 is 23.0 Å². The Kier molecular flexibility index (Phi) is 5.59. The van der Waals surface area contributed by atoms with Crippen molar-refractivity contribution in [2.24, 2.45) is 5.92 Å². The number of hydrogen-bond acceptors (Lipinski definition) is 5. The lowest BCUT2D eigenvalue weighted by molar-refractivity contribution is -0.384. The average molecular weight is 487 g/mol. The molecule has 3 aliphatic heterocycles. The van der Waals surface area contributed by atoms with Crippen LogP contribution in [0.1, 0.15) is 16.7 Å². The van der Waals surface area contributed by atoms with Gasteiger partial charge in [-0.1, -0.05) is 24.3 Å². The predicted molar refractivity (Wildman–Crippen MR) is 136 cm³/mol. The predicted octanol–water partition coefficient (Wildman–Crippen LogP) is 4.19. The van der Waals surface area contributed by atoms with Gasteiger partial charge in [0.2, 0.25) is 5.91 Å². The Morgan fingerprint density at radius 1 is 0.944 bits per heavy atom. The van der Waals surface area contributed by atoms with E-state index in [1.54, 1.807) is 24.3 Å². The first kappa shape index (κ1) is 22.5. The molecular formula is C28H27FN4O3. The third-order valence-electron chi connectivity index (χ3n) is 7.86. The molecule has 1 saturated heterocycles. The number of piperazine rings is 1. The Morgan fingerprint density at radius 3 is 2.50 bits per heavy atom. The maximum absolute atomic E-state index is 14.0. The van der Waals surface area contributed by atoms with Crippen LogP contribution in [-0.4, -0.2) is 48.0 Å². The van der Waals surface area contributed by atoms with Crippen LogP contribution >= 0.6 is 0 Å². The van der Waals surface area contributed by atoms with E-state index in [0.717, 1.165) is 29.9 Å². The van der Waals surface area contributed by atoms with E-state index < -0.39 is 0 Å². The molecule has 2 atom stereocenters. The molecule has 0 aliphatic carbocycles. The smallest absolute Gasteiger partial charge is 0.269 e. The fraction of sp³-hybridized carbons (Fsp3) is 0.321. The molecule has 0 bridgehead atoms. The average Bonchev–Trinajstić information content (AvgIpc) is 2.91. The van der Waals surface area contributed by atoms with Crippen molar-refractivity contribution in [1.82, 2.24) is 4.90 Å². The number of benzene rings is 3. The number of rotatable bonds is 3. The van der Waals surface area contributed by atoms with Crippen LogP contribution in [0.3, 0.4) is 0 Å². The van der Waals surface area contributed by atoms with Gasteiger partial charge in [0, 0.05) is 56.2 Å². The third kappa shape index (κ3) is 3.96. The number of amides is 1. The normalized spacial score (nSPS) is 20.9. The molecule has 0 spiro atoms. The summed E-state index contributed by atoms with van der Waals surface area (Å²) in [6.07, 6.45) is 1.29. The van der Waals surface area contributed by atoms with Crippen molar-refractivity contribution in [3.8, 4) is 0 Å². The van der Waals surface area contributed by atoms with Crippen LogP contribution in [0.2, 0.25) is 0 Å². The second-order valence-electron chi connectivity index (χ2n) is 9.84. The van der Waals surface area contributed by atoms with Gasteiger partial charge in [-0.15, -0.1) is 0 Å². The maximum Gasteiger partial charge on any atom is 0.269 e. The number of anilines is 2. The quantitative estimate of drug-likeness (QED) is 0.410. The summed E-state index contributed by atoms with van der Waals surface area (Å²) >= 11 is 0. The second-order valence-corrected chi connectivity index (χ2v) is 9.84. The largest absolute Gasteiger partial charge is 0.368 e. The summed E-state index contributed by atoms with van der Waals surface area (Å²) in [4.78, 5) is 31.5. The SMILES string of the molecule is O=C(C1Cc2cc([N+](=O)[O-])ccc2N2CCN(c3ccc(F)cc3)CC12)N1CCc2ccccc2C1. The first-order valence-corrected chi connectivity index (χ1v) is 12.4. The monoisotopic (exact) mass is 486 g/mol. The molecule has 7 nitrogen and oxygen atoms in total. The summed E-state index contributed by atoms with van der Waals surface area (Å²) in [5.74, 6) is -0.505. The van der Waals surface area contributed by atoms with E-state index in [4.69, 9.17) is 0 Å².